The molecule has 0 bridgehead atoms. The molecule has 3 aromatic rings. The van der Waals surface area contributed by atoms with Gasteiger partial charge in [0, 0.05) is 24.1 Å². The summed E-state index contributed by atoms with van der Waals surface area (Å²) < 4.78 is 5.14. The number of halogens is 1. The van der Waals surface area contributed by atoms with E-state index < -0.39 is 12.1 Å². The molecule has 1 saturated heterocycles. The van der Waals surface area contributed by atoms with Crippen molar-refractivity contribution in [1.29, 1.82) is 0 Å². The van der Waals surface area contributed by atoms with Crippen molar-refractivity contribution in [3.63, 3.8) is 0 Å². The van der Waals surface area contributed by atoms with Gasteiger partial charge in [0.15, 0.2) is 0 Å². The van der Waals surface area contributed by atoms with E-state index in [0.717, 1.165) is 11.1 Å². The zero-order chi connectivity index (χ0) is 23.4. The second kappa shape index (κ2) is 10.2. The molecule has 2 N–H and O–H groups in total. The molecule has 1 aromatic heterocycles. The Morgan fingerprint density at radius 2 is 1.94 bits per heavy atom. The first-order valence-corrected chi connectivity index (χ1v) is 11.3. The summed E-state index contributed by atoms with van der Waals surface area (Å²) >= 11 is 6.05. The number of nitrogens with one attached hydrogen (secondary N) is 1. The summed E-state index contributed by atoms with van der Waals surface area (Å²) in [5, 5.41) is 17.7. The number of aromatic nitrogens is 1. The Bertz CT molecular complexity index is 1100. The summed E-state index contributed by atoms with van der Waals surface area (Å²) in [5.74, 6) is -0.153. The zero-order valence-electron chi connectivity index (χ0n) is 18.3. The number of amides is 2. The van der Waals surface area contributed by atoms with Crippen LogP contribution in [0.5, 0.6) is 0 Å². The van der Waals surface area contributed by atoms with Crippen molar-refractivity contribution in [3.05, 3.63) is 88.3 Å². The monoisotopic (exact) mass is 467 g/mol. The van der Waals surface area contributed by atoms with Crippen molar-refractivity contribution < 1.29 is 19.2 Å². The third-order valence-electron chi connectivity index (χ3n) is 5.78. The first kappa shape index (κ1) is 23.0. The molecule has 7 nitrogen and oxygen atoms in total. The molecule has 1 aliphatic heterocycles. The van der Waals surface area contributed by atoms with Crippen molar-refractivity contribution in [3.8, 4) is 0 Å². The van der Waals surface area contributed by atoms with Crippen LogP contribution in [0.15, 0.2) is 65.2 Å². The number of hydrogen-bond donors (Lipinski definition) is 2. The van der Waals surface area contributed by atoms with Gasteiger partial charge >= 0.3 is 0 Å². The number of nitrogens with zero attached hydrogens (tertiary/aromatic N) is 2. The average Bonchev–Trinajstić information content (AvgIpc) is 3.39. The van der Waals surface area contributed by atoms with Crippen molar-refractivity contribution in [2.45, 2.75) is 44.4 Å². The average molecular weight is 468 g/mol. The molecule has 1 aliphatic rings. The van der Waals surface area contributed by atoms with Gasteiger partial charge in [0.05, 0.1) is 24.3 Å². The van der Waals surface area contributed by atoms with Gasteiger partial charge < -0.3 is 19.8 Å². The van der Waals surface area contributed by atoms with Crippen molar-refractivity contribution in [2.24, 2.45) is 0 Å². The zero-order valence-corrected chi connectivity index (χ0v) is 19.0. The molecule has 8 heteroatoms. The fourth-order valence-electron chi connectivity index (χ4n) is 4.15. The second-order valence-corrected chi connectivity index (χ2v) is 8.80. The van der Waals surface area contributed by atoms with Gasteiger partial charge in [-0.15, -0.1) is 0 Å². The number of aliphatic hydroxyl groups is 1. The number of β-amino-alcohol motifs (C(OH)–C–C–N with tert-alkyl or cyclic N) is 1. The first-order chi connectivity index (χ1) is 15.9. The maximum Gasteiger partial charge on any atom is 0.243 e. The maximum absolute atomic E-state index is 13.3. The van der Waals surface area contributed by atoms with Crippen LogP contribution in [-0.4, -0.2) is 45.7 Å². The van der Waals surface area contributed by atoms with E-state index in [2.05, 4.69) is 10.5 Å². The first-order valence-electron chi connectivity index (χ1n) is 10.9. The predicted octanol–water partition coefficient (Wildman–Crippen LogP) is 3.24. The van der Waals surface area contributed by atoms with E-state index in [1.54, 1.807) is 25.1 Å². The molecule has 33 heavy (non-hydrogen) atoms. The van der Waals surface area contributed by atoms with Crippen LogP contribution in [0.3, 0.4) is 0 Å². The van der Waals surface area contributed by atoms with Crippen molar-refractivity contribution in [1.82, 2.24) is 15.4 Å². The summed E-state index contributed by atoms with van der Waals surface area (Å²) in [5.41, 5.74) is 2.66. The number of carbonyl (C=O) groups is 2. The molecular weight excluding hydrogens is 442 g/mol. The molecule has 0 saturated carbocycles. The van der Waals surface area contributed by atoms with Gasteiger partial charge in [0.1, 0.15) is 11.8 Å². The molecule has 2 heterocycles. The van der Waals surface area contributed by atoms with E-state index in [-0.39, 0.29) is 37.2 Å². The van der Waals surface area contributed by atoms with Crippen LogP contribution in [0.2, 0.25) is 5.02 Å². The van der Waals surface area contributed by atoms with Crippen molar-refractivity contribution >= 4 is 23.4 Å². The van der Waals surface area contributed by atoms with Gasteiger partial charge in [0.2, 0.25) is 11.8 Å². The normalized spacial score (nSPS) is 18.8. The third kappa shape index (κ3) is 5.80. The van der Waals surface area contributed by atoms with Crippen LogP contribution in [0.1, 0.15) is 35.0 Å². The lowest BCUT2D eigenvalue weighted by Gasteiger charge is -2.26. The smallest absolute Gasteiger partial charge is 0.243 e. The summed E-state index contributed by atoms with van der Waals surface area (Å²) in [4.78, 5) is 27.7. The van der Waals surface area contributed by atoms with E-state index in [9.17, 15) is 14.7 Å². The molecule has 172 valence electrons. The largest absolute Gasteiger partial charge is 0.391 e. The lowest BCUT2D eigenvalue weighted by molar-refractivity contribution is -0.138. The Hall–Kier alpha value is -3.16. The third-order valence-corrected chi connectivity index (χ3v) is 6.03. The fourth-order valence-corrected chi connectivity index (χ4v) is 4.28. The summed E-state index contributed by atoms with van der Waals surface area (Å²) in [6.07, 6.45) is -0.00753. The maximum atomic E-state index is 13.3. The lowest BCUT2D eigenvalue weighted by Crippen LogP contribution is -2.47. The van der Waals surface area contributed by atoms with Gasteiger partial charge in [-0.1, -0.05) is 59.2 Å². The van der Waals surface area contributed by atoms with Gasteiger partial charge in [-0.05, 0) is 36.6 Å². The van der Waals surface area contributed by atoms with Gasteiger partial charge in [0.25, 0.3) is 0 Å². The van der Waals surface area contributed by atoms with Crippen LogP contribution >= 0.6 is 11.6 Å². The standard InChI is InChI=1S/C25H26ClN3O4/c1-16-11-21(33-28-16)14-24(31)29-15-20(30)13-23(29)25(32)27-22(12-17-5-3-2-4-6-17)18-7-9-19(26)10-8-18/h2-11,20,22-23,30H,12-15H2,1H3,(H,27,32)/t20-,22+,23+/m1/s1. The number of rotatable bonds is 7. The lowest BCUT2D eigenvalue weighted by atomic mass is 9.98. The summed E-state index contributed by atoms with van der Waals surface area (Å²) in [6, 6.07) is 17.8. The summed E-state index contributed by atoms with van der Waals surface area (Å²) in [7, 11) is 0. The van der Waals surface area contributed by atoms with Crippen LogP contribution in [0.25, 0.3) is 0 Å². The number of likely N-dealkylation sites (tertiary alicyclic amines) is 1. The van der Waals surface area contributed by atoms with E-state index >= 15 is 0 Å². The van der Waals surface area contributed by atoms with Gasteiger partial charge in [-0.3, -0.25) is 9.59 Å². The minimum Gasteiger partial charge on any atom is -0.391 e. The molecule has 1 fully saturated rings. The minimum absolute atomic E-state index is 0.0119. The molecular formula is C25H26ClN3O4. The van der Waals surface area contributed by atoms with Crippen molar-refractivity contribution in [2.75, 3.05) is 6.54 Å². The number of hydrogen-bond acceptors (Lipinski definition) is 5. The Kier molecular flexibility index (Phi) is 7.11. The highest BCUT2D eigenvalue weighted by atomic mass is 35.5. The SMILES string of the molecule is Cc1cc(CC(=O)N2C[C@H](O)C[C@H]2C(=O)N[C@@H](Cc2ccccc2)c2ccc(Cl)cc2)on1. The minimum atomic E-state index is -0.762. The van der Waals surface area contributed by atoms with E-state index in [0.29, 0.717) is 22.9 Å². The molecule has 0 unspecified atom stereocenters. The molecule has 0 radical (unpaired) electrons. The molecule has 4 rings (SSSR count). The number of aryl methyl sites for hydroxylation is 1. The topological polar surface area (TPSA) is 95.7 Å². The van der Waals surface area contributed by atoms with Crippen LogP contribution in [-0.2, 0) is 22.4 Å². The Morgan fingerprint density at radius 3 is 2.61 bits per heavy atom. The highest BCUT2D eigenvalue weighted by molar-refractivity contribution is 6.30. The Morgan fingerprint density at radius 1 is 1.21 bits per heavy atom. The predicted molar refractivity (Wildman–Crippen MR) is 124 cm³/mol. The molecule has 2 aromatic carbocycles. The summed E-state index contributed by atoms with van der Waals surface area (Å²) in [6.45, 7) is 1.88. The Balaban J connectivity index is 1.51. The second-order valence-electron chi connectivity index (χ2n) is 8.37. The molecule has 0 spiro atoms. The van der Waals surface area contributed by atoms with E-state index in [1.165, 1.54) is 4.90 Å². The highest BCUT2D eigenvalue weighted by Crippen LogP contribution is 2.24. The molecule has 3 atom stereocenters. The quantitative estimate of drug-likeness (QED) is 0.556. The van der Waals surface area contributed by atoms with E-state index in [4.69, 9.17) is 16.1 Å². The molecule has 2 amide bonds. The van der Waals surface area contributed by atoms with Crippen LogP contribution in [0.4, 0.5) is 0 Å². The number of carbonyl (C=O) groups excluding carboxylic acids is 2. The number of benzene rings is 2. The highest BCUT2D eigenvalue weighted by Gasteiger charge is 2.39. The molecule has 0 aliphatic carbocycles. The van der Waals surface area contributed by atoms with Gasteiger partial charge in [-0.25, -0.2) is 0 Å². The van der Waals surface area contributed by atoms with Crippen LogP contribution < -0.4 is 5.32 Å². The van der Waals surface area contributed by atoms with E-state index in [1.807, 2.05) is 42.5 Å². The number of aliphatic hydroxyl groups excluding tert-OH is 1. The van der Waals surface area contributed by atoms with Crippen LogP contribution in [0, 0.1) is 6.92 Å². The fraction of sp³-hybridized carbons (Fsp3) is 0.320. The van der Waals surface area contributed by atoms with Gasteiger partial charge in [-0.2, -0.15) is 0 Å². The Labute approximate surface area is 197 Å².